The van der Waals surface area contributed by atoms with Crippen molar-refractivity contribution in [3.63, 3.8) is 0 Å². The van der Waals surface area contributed by atoms with Crippen LogP contribution < -0.4 is 20.5 Å². The molecule has 2 aromatic rings. The van der Waals surface area contributed by atoms with Crippen LogP contribution in [0.5, 0.6) is 17.2 Å². The van der Waals surface area contributed by atoms with Crippen molar-refractivity contribution in [1.82, 2.24) is 5.32 Å². The fourth-order valence-electron chi connectivity index (χ4n) is 3.54. The number of amides is 1. The molecule has 0 radical (unpaired) electrons. The molecular weight excluding hydrogens is 526 g/mol. The molecule has 0 bridgehead atoms. The number of aliphatic carboxylic acids is 1. The van der Waals surface area contributed by atoms with Crippen molar-refractivity contribution < 1.29 is 55.2 Å². The first-order chi connectivity index (χ1) is 17.6. The van der Waals surface area contributed by atoms with Gasteiger partial charge in [0, 0.05) is 20.1 Å². The maximum absolute atomic E-state index is 13.3. The van der Waals surface area contributed by atoms with E-state index in [1.165, 1.54) is 19.2 Å². The lowest BCUT2D eigenvalue weighted by Crippen LogP contribution is -2.52. The molecule has 1 fully saturated rings. The highest BCUT2D eigenvalue weighted by Gasteiger charge is 2.42. The molecule has 1 amide bonds. The number of nitrogens with one attached hydrogen (secondary N) is 1. The number of ether oxygens (including phenoxy) is 3. The van der Waals surface area contributed by atoms with Gasteiger partial charge < -0.3 is 30.4 Å². The maximum atomic E-state index is 13.3. The molecule has 2 unspecified atom stereocenters. The molecule has 8 nitrogen and oxygen atoms in total. The first kappa shape index (κ1) is 30.7. The highest BCUT2D eigenvalue weighted by molar-refractivity contribution is 5.86. The van der Waals surface area contributed by atoms with Crippen LogP contribution in [0, 0.1) is 0 Å². The number of carbonyl (C=O) groups excluding carboxylic acids is 1. The summed E-state index contributed by atoms with van der Waals surface area (Å²) in [5, 5.41) is 9.94. The predicted octanol–water partition coefficient (Wildman–Crippen LogP) is 4.65. The highest BCUT2D eigenvalue weighted by Crippen LogP contribution is 2.40. The lowest BCUT2D eigenvalue weighted by Gasteiger charge is -2.23. The van der Waals surface area contributed by atoms with Gasteiger partial charge in [-0.1, -0.05) is 12.1 Å². The number of rotatable bonds is 7. The molecule has 2 atom stereocenters. The molecule has 38 heavy (non-hydrogen) atoms. The van der Waals surface area contributed by atoms with Crippen LogP contribution >= 0.6 is 0 Å². The van der Waals surface area contributed by atoms with Gasteiger partial charge in [-0.15, -0.1) is 0 Å². The number of carboxylic acid groups (broad SMARTS) is 1. The van der Waals surface area contributed by atoms with Crippen LogP contribution in [-0.2, 0) is 27.0 Å². The Labute approximate surface area is 213 Å². The van der Waals surface area contributed by atoms with Crippen molar-refractivity contribution in [2.24, 2.45) is 5.73 Å². The first-order valence-corrected chi connectivity index (χ1v) is 11.0. The van der Waals surface area contributed by atoms with Crippen LogP contribution in [0.1, 0.15) is 30.4 Å². The van der Waals surface area contributed by atoms with Crippen molar-refractivity contribution in [2.75, 3.05) is 14.2 Å². The Morgan fingerprint density at radius 1 is 1.05 bits per heavy atom. The van der Waals surface area contributed by atoms with E-state index in [-0.39, 0.29) is 35.8 Å². The molecule has 3 rings (SSSR count). The minimum Gasteiger partial charge on any atom is -0.497 e. The minimum absolute atomic E-state index is 0.0215. The first-order valence-electron chi connectivity index (χ1n) is 11.0. The van der Waals surface area contributed by atoms with Crippen LogP contribution in [0.4, 0.5) is 26.3 Å². The number of benzene rings is 2. The van der Waals surface area contributed by atoms with E-state index in [4.69, 9.17) is 29.8 Å². The smallest absolute Gasteiger partial charge is 0.490 e. The van der Waals surface area contributed by atoms with Crippen LogP contribution in [-0.4, -0.2) is 49.0 Å². The fourth-order valence-corrected chi connectivity index (χ4v) is 3.54. The summed E-state index contributed by atoms with van der Waals surface area (Å²) in [7, 11) is 2.89. The Morgan fingerprint density at radius 2 is 1.63 bits per heavy atom. The van der Waals surface area contributed by atoms with E-state index in [9.17, 15) is 31.1 Å². The standard InChI is InChI=1S/C22H25F3N2O4.C2HF3O2/c1-29-16-7-8-19(18(11-16)22(23,24)25)31-15-5-3-14(4-6-15)13-27-20(28)21(26)10-9-17(12-21)30-2;3-2(4,5)1(6)7/h3-8,11,17H,9-10,12-13,26H2,1-2H3,(H,27,28);(H,6,7). The van der Waals surface area contributed by atoms with E-state index in [0.29, 0.717) is 12.8 Å². The molecule has 210 valence electrons. The van der Waals surface area contributed by atoms with Gasteiger partial charge in [-0.05, 0) is 48.7 Å². The number of hydrogen-bond donors (Lipinski definition) is 3. The van der Waals surface area contributed by atoms with Crippen molar-refractivity contribution in [3.05, 3.63) is 53.6 Å². The van der Waals surface area contributed by atoms with Gasteiger partial charge in [0.05, 0.1) is 18.8 Å². The Morgan fingerprint density at radius 3 is 2.11 bits per heavy atom. The number of hydrogen-bond acceptors (Lipinski definition) is 6. The van der Waals surface area contributed by atoms with Gasteiger partial charge in [-0.2, -0.15) is 26.3 Å². The summed E-state index contributed by atoms with van der Waals surface area (Å²) < 4.78 is 87.3. The maximum Gasteiger partial charge on any atom is 0.490 e. The second kappa shape index (κ2) is 12.3. The molecule has 1 aliphatic carbocycles. The molecule has 0 spiro atoms. The lowest BCUT2D eigenvalue weighted by atomic mass is 9.98. The largest absolute Gasteiger partial charge is 0.497 e. The minimum atomic E-state index is -5.08. The lowest BCUT2D eigenvalue weighted by molar-refractivity contribution is -0.192. The zero-order valence-corrected chi connectivity index (χ0v) is 20.3. The zero-order valence-electron chi connectivity index (χ0n) is 20.3. The van der Waals surface area contributed by atoms with Crippen LogP contribution in [0.2, 0.25) is 0 Å². The van der Waals surface area contributed by atoms with Gasteiger partial charge in [0.2, 0.25) is 5.91 Å². The molecule has 1 aliphatic rings. The normalized spacial score (nSPS) is 19.2. The van der Waals surface area contributed by atoms with E-state index < -0.39 is 29.4 Å². The average molecular weight is 552 g/mol. The van der Waals surface area contributed by atoms with E-state index in [1.54, 1.807) is 31.4 Å². The van der Waals surface area contributed by atoms with E-state index >= 15 is 0 Å². The Kier molecular flexibility index (Phi) is 9.98. The summed E-state index contributed by atoms with van der Waals surface area (Å²) in [6.07, 6.45) is -7.95. The van der Waals surface area contributed by atoms with Crippen molar-refractivity contribution in [1.29, 1.82) is 0 Å². The third-order valence-corrected chi connectivity index (χ3v) is 5.63. The highest BCUT2D eigenvalue weighted by atomic mass is 19.4. The molecule has 0 aliphatic heterocycles. The number of carbonyl (C=O) groups is 2. The van der Waals surface area contributed by atoms with Crippen molar-refractivity contribution >= 4 is 11.9 Å². The summed E-state index contributed by atoms with van der Waals surface area (Å²) >= 11 is 0. The fraction of sp³-hybridized carbons (Fsp3) is 0.417. The zero-order chi connectivity index (χ0) is 28.7. The number of nitrogens with two attached hydrogens (primary N) is 1. The number of methoxy groups -OCH3 is 2. The van der Waals surface area contributed by atoms with Gasteiger partial charge in [0.25, 0.3) is 0 Å². The molecular formula is C24H26F6N2O6. The third kappa shape index (κ3) is 8.52. The quantitative estimate of drug-likeness (QED) is 0.428. The van der Waals surface area contributed by atoms with Crippen LogP contribution in [0.15, 0.2) is 42.5 Å². The molecule has 2 aromatic carbocycles. The molecule has 0 heterocycles. The molecule has 0 aromatic heterocycles. The Balaban J connectivity index is 0.000000638. The van der Waals surface area contributed by atoms with Crippen LogP contribution in [0.3, 0.4) is 0 Å². The van der Waals surface area contributed by atoms with E-state index in [0.717, 1.165) is 18.1 Å². The monoisotopic (exact) mass is 552 g/mol. The summed E-state index contributed by atoms with van der Waals surface area (Å²) in [6.45, 7) is 0.242. The SMILES string of the molecule is COc1ccc(Oc2ccc(CNC(=O)C3(N)CCC(OC)C3)cc2)c(C(F)(F)F)c1.O=C(O)C(F)(F)F. The van der Waals surface area contributed by atoms with Crippen molar-refractivity contribution in [3.8, 4) is 17.2 Å². The molecule has 0 saturated heterocycles. The van der Waals surface area contributed by atoms with Gasteiger partial charge in [-0.25, -0.2) is 4.79 Å². The average Bonchev–Trinajstić information content (AvgIpc) is 3.25. The Hall–Kier alpha value is -3.52. The van der Waals surface area contributed by atoms with E-state index in [2.05, 4.69) is 5.32 Å². The molecule has 4 N–H and O–H groups in total. The van der Waals surface area contributed by atoms with Crippen molar-refractivity contribution in [2.45, 2.75) is 49.8 Å². The summed E-state index contributed by atoms with van der Waals surface area (Å²) in [5.41, 5.74) is 5.08. The number of carboxylic acids is 1. The van der Waals surface area contributed by atoms with Gasteiger partial charge >= 0.3 is 18.3 Å². The second-order valence-corrected chi connectivity index (χ2v) is 8.35. The predicted molar refractivity (Wildman–Crippen MR) is 122 cm³/mol. The number of halogens is 6. The topological polar surface area (TPSA) is 120 Å². The Bertz CT molecular complexity index is 1110. The summed E-state index contributed by atoms with van der Waals surface area (Å²) in [4.78, 5) is 21.4. The van der Waals surface area contributed by atoms with Gasteiger partial charge in [0.1, 0.15) is 22.8 Å². The van der Waals surface area contributed by atoms with E-state index in [1.807, 2.05) is 0 Å². The summed E-state index contributed by atoms with van der Waals surface area (Å²) in [6, 6.07) is 9.92. The third-order valence-electron chi connectivity index (χ3n) is 5.63. The summed E-state index contributed by atoms with van der Waals surface area (Å²) in [5.74, 6) is -3.01. The van der Waals surface area contributed by atoms with Gasteiger partial charge in [-0.3, -0.25) is 4.79 Å². The number of alkyl halides is 6. The molecule has 14 heteroatoms. The second-order valence-electron chi connectivity index (χ2n) is 8.35. The molecule has 1 saturated carbocycles. The van der Waals surface area contributed by atoms with Gasteiger partial charge in [0.15, 0.2) is 0 Å². The van der Waals surface area contributed by atoms with Crippen LogP contribution in [0.25, 0.3) is 0 Å².